The topological polar surface area (TPSA) is 48.0 Å². The van der Waals surface area contributed by atoms with E-state index in [2.05, 4.69) is 34.6 Å². The van der Waals surface area contributed by atoms with Crippen LogP contribution in [0.3, 0.4) is 0 Å². The van der Waals surface area contributed by atoms with E-state index in [0.717, 1.165) is 23.3 Å². The first-order chi connectivity index (χ1) is 9.75. The summed E-state index contributed by atoms with van der Waals surface area (Å²) in [4.78, 5) is 3.22. The van der Waals surface area contributed by atoms with Crippen molar-refractivity contribution in [3.63, 3.8) is 0 Å². The molecule has 3 heteroatoms. The summed E-state index contributed by atoms with van der Waals surface area (Å²) in [5, 5.41) is 14.4. The van der Waals surface area contributed by atoms with Crippen molar-refractivity contribution in [2.75, 3.05) is 5.32 Å². The van der Waals surface area contributed by atoms with Crippen molar-refractivity contribution in [1.82, 2.24) is 4.98 Å². The molecule has 3 N–H and O–H groups in total. The molecule has 0 bridgehead atoms. The van der Waals surface area contributed by atoms with Gasteiger partial charge in [-0.1, -0.05) is 30.3 Å². The molecule has 3 aromatic rings. The molecule has 1 aromatic heterocycles. The van der Waals surface area contributed by atoms with E-state index in [1.165, 1.54) is 10.9 Å². The van der Waals surface area contributed by atoms with E-state index in [9.17, 15) is 5.11 Å². The molecular formula is C17H18N2O. The summed E-state index contributed by atoms with van der Waals surface area (Å²) in [7, 11) is 0. The minimum Gasteiger partial charge on any atom is -0.389 e. The van der Waals surface area contributed by atoms with Gasteiger partial charge >= 0.3 is 0 Å². The van der Waals surface area contributed by atoms with Crippen LogP contribution >= 0.6 is 0 Å². The van der Waals surface area contributed by atoms with Gasteiger partial charge < -0.3 is 15.4 Å². The summed E-state index contributed by atoms with van der Waals surface area (Å²) >= 11 is 0. The molecule has 0 radical (unpaired) electrons. The molecule has 0 aliphatic carbocycles. The SMILES string of the molecule is CC(O)c1ccccc1NCc1cccc2[nH]ccc12. The van der Waals surface area contributed by atoms with Crippen LogP contribution < -0.4 is 5.32 Å². The van der Waals surface area contributed by atoms with Crippen LogP contribution in [0.1, 0.15) is 24.2 Å². The molecular weight excluding hydrogens is 248 g/mol. The predicted molar refractivity (Wildman–Crippen MR) is 82.7 cm³/mol. The van der Waals surface area contributed by atoms with E-state index in [4.69, 9.17) is 0 Å². The molecule has 3 rings (SSSR count). The molecule has 0 spiro atoms. The fourth-order valence-electron chi connectivity index (χ4n) is 2.52. The van der Waals surface area contributed by atoms with Gasteiger partial charge in [-0.3, -0.25) is 0 Å². The van der Waals surface area contributed by atoms with Gasteiger partial charge in [-0.05, 0) is 30.7 Å². The van der Waals surface area contributed by atoms with E-state index in [-0.39, 0.29) is 0 Å². The van der Waals surface area contributed by atoms with Crippen molar-refractivity contribution in [2.24, 2.45) is 0 Å². The van der Waals surface area contributed by atoms with E-state index in [1.807, 2.05) is 30.5 Å². The molecule has 1 heterocycles. The van der Waals surface area contributed by atoms with Crippen molar-refractivity contribution < 1.29 is 5.11 Å². The Labute approximate surface area is 118 Å². The van der Waals surface area contributed by atoms with Gasteiger partial charge in [0, 0.05) is 34.9 Å². The lowest BCUT2D eigenvalue weighted by Gasteiger charge is -2.14. The van der Waals surface area contributed by atoms with Crippen LogP contribution in [-0.2, 0) is 6.54 Å². The van der Waals surface area contributed by atoms with Crippen molar-refractivity contribution in [2.45, 2.75) is 19.6 Å². The maximum atomic E-state index is 9.80. The second-order valence-corrected chi connectivity index (χ2v) is 4.97. The van der Waals surface area contributed by atoms with Crippen LogP contribution in [0.15, 0.2) is 54.7 Å². The lowest BCUT2D eigenvalue weighted by Crippen LogP contribution is -2.04. The molecule has 1 unspecified atom stereocenters. The number of hydrogen-bond acceptors (Lipinski definition) is 2. The molecule has 0 aliphatic rings. The molecule has 102 valence electrons. The van der Waals surface area contributed by atoms with Crippen molar-refractivity contribution in [1.29, 1.82) is 0 Å². The Morgan fingerprint density at radius 1 is 1.10 bits per heavy atom. The third-order valence-corrected chi connectivity index (χ3v) is 3.57. The standard InChI is InChI=1S/C17H18N2O/c1-12(20)14-6-2-3-7-16(14)19-11-13-5-4-8-17-15(13)9-10-18-17/h2-10,12,18-20H,11H2,1H3. The minimum absolute atomic E-state index is 0.471. The van der Waals surface area contributed by atoms with Gasteiger partial charge in [0.15, 0.2) is 0 Å². The number of aromatic nitrogens is 1. The number of H-pyrrole nitrogens is 1. The highest BCUT2D eigenvalue weighted by atomic mass is 16.3. The lowest BCUT2D eigenvalue weighted by atomic mass is 10.1. The second kappa shape index (κ2) is 5.39. The predicted octanol–water partition coefficient (Wildman–Crippen LogP) is 3.83. The van der Waals surface area contributed by atoms with Gasteiger partial charge in [-0.2, -0.15) is 0 Å². The number of aliphatic hydroxyl groups is 1. The Morgan fingerprint density at radius 2 is 1.95 bits per heavy atom. The van der Waals surface area contributed by atoms with Crippen molar-refractivity contribution in [3.05, 3.63) is 65.9 Å². The molecule has 0 saturated heterocycles. The molecule has 2 aromatic carbocycles. The number of fused-ring (bicyclic) bond motifs is 1. The third kappa shape index (κ3) is 2.40. The van der Waals surface area contributed by atoms with Gasteiger partial charge in [0.25, 0.3) is 0 Å². The summed E-state index contributed by atoms with van der Waals surface area (Å²) in [5.74, 6) is 0. The highest BCUT2D eigenvalue weighted by Gasteiger charge is 2.07. The zero-order chi connectivity index (χ0) is 13.9. The van der Waals surface area contributed by atoms with Crippen molar-refractivity contribution >= 4 is 16.6 Å². The number of nitrogens with one attached hydrogen (secondary N) is 2. The molecule has 0 amide bonds. The summed E-state index contributed by atoms with van der Waals surface area (Å²) in [6.45, 7) is 2.52. The van der Waals surface area contributed by atoms with Gasteiger partial charge in [0.05, 0.1) is 6.10 Å². The number of benzene rings is 2. The van der Waals surface area contributed by atoms with Gasteiger partial charge in [-0.15, -0.1) is 0 Å². The monoisotopic (exact) mass is 266 g/mol. The first-order valence-electron chi connectivity index (χ1n) is 6.81. The Kier molecular flexibility index (Phi) is 3.44. The molecule has 20 heavy (non-hydrogen) atoms. The molecule has 0 aliphatic heterocycles. The fourth-order valence-corrected chi connectivity index (χ4v) is 2.52. The highest BCUT2D eigenvalue weighted by molar-refractivity contribution is 5.83. The first kappa shape index (κ1) is 12.8. The van der Waals surface area contributed by atoms with E-state index < -0.39 is 6.10 Å². The Bertz CT molecular complexity index is 716. The second-order valence-electron chi connectivity index (χ2n) is 4.97. The maximum Gasteiger partial charge on any atom is 0.0781 e. The molecule has 3 nitrogen and oxygen atoms in total. The van der Waals surface area contributed by atoms with Crippen LogP contribution in [0.25, 0.3) is 10.9 Å². The van der Waals surface area contributed by atoms with E-state index in [0.29, 0.717) is 0 Å². The average Bonchev–Trinajstić information content (AvgIpc) is 2.94. The van der Waals surface area contributed by atoms with Crippen LogP contribution in [0.4, 0.5) is 5.69 Å². The summed E-state index contributed by atoms with van der Waals surface area (Å²) in [6.07, 6.45) is 1.49. The molecule has 1 atom stereocenters. The largest absolute Gasteiger partial charge is 0.389 e. The number of aromatic amines is 1. The van der Waals surface area contributed by atoms with Crippen LogP contribution in [0.5, 0.6) is 0 Å². The zero-order valence-electron chi connectivity index (χ0n) is 11.4. The fraction of sp³-hybridized carbons (Fsp3) is 0.176. The smallest absolute Gasteiger partial charge is 0.0781 e. The van der Waals surface area contributed by atoms with Crippen LogP contribution in [0, 0.1) is 0 Å². The molecule has 0 saturated carbocycles. The third-order valence-electron chi connectivity index (χ3n) is 3.57. The number of hydrogen-bond donors (Lipinski definition) is 3. The number of anilines is 1. The quantitative estimate of drug-likeness (QED) is 0.672. The normalized spacial score (nSPS) is 12.5. The van der Waals surface area contributed by atoms with Crippen LogP contribution in [-0.4, -0.2) is 10.1 Å². The maximum absolute atomic E-state index is 9.80. The molecule has 0 fully saturated rings. The van der Waals surface area contributed by atoms with Gasteiger partial charge in [-0.25, -0.2) is 0 Å². The van der Waals surface area contributed by atoms with Crippen molar-refractivity contribution in [3.8, 4) is 0 Å². The Morgan fingerprint density at radius 3 is 2.80 bits per heavy atom. The zero-order valence-corrected chi connectivity index (χ0v) is 11.4. The van der Waals surface area contributed by atoms with Gasteiger partial charge in [0.2, 0.25) is 0 Å². The van der Waals surface area contributed by atoms with E-state index >= 15 is 0 Å². The summed E-state index contributed by atoms with van der Waals surface area (Å²) < 4.78 is 0. The Hall–Kier alpha value is -2.26. The summed E-state index contributed by atoms with van der Waals surface area (Å²) in [5.41, 5.74) is 4.29. The van der Waals surface area contributed by atoms with Gasteiger partial charge in [0.1, 0.15) is 0 Å². The number of rotatable bonds is 4. The number of para-hydroxylation sites is 1. The van der Waals surface area contributed by atoms with Crippen LogP contribution in [0.2, 0.25) is 0 Å². The average molecular weight is 266 g/mol. The Balaban J connectivity index is 1.85. The lowest BCUT2D eigenvalue weighted by molar-refractivity contribution is 0.200. The minimum atomic E-state index is -0.471. The highest BCUT2D eigenvalue weighted by Crippen LogP contribution is 2.24. The summed E-state index contributed by atoms with van der Waals surface area (Å²) in [6, 6.07) is 16.2. The van der Waals surface area contributed by atoms with E-state index in [1.54, 1.807) is 6.92 Å². The first-order valence-corrected chi connectivity index (χ1v) is 6.81. The number of aliphatic hydroxyl groups excluding tert-OH is 1.